The van der Waals surface area contributed by atoms with Gasteiger partial charge in [-0.05, 0) is 44.0 Å². The minimum absolute atomic E-state index is 0.0184. The molecule has 4 aromatic rings. The minimum Gasteiger partial charge on any atom is -0.347 e. The molecule has 1 atom stereocenters. The fourth-order valence-corrected chi connectivity index (χ4v) is 4.41. The molecular weight excluding hydrogens is 376 g/mol. The normalized spacial score (nSPS) is 16.4. The molecule has 2 aromatic heterocycles. The van der Waals surface area contributed by atoms with Crippen molar-refractivity contribution in [3.05, 3.63) is 60.7 Å². The summed E-state index contributed by atoms with van der Waals surface area (Å²) in [5.74, 6) is 1.73. The third kappa shape index (κ3) is 3.16. The fourth-order valence-electron chi connectivity index (χ4n) is 4.41. The summed E-state index contributed by atoms with van der Waals surface area (Å²) in [6, 6.07) is 15.8. The molecule has 1 fully saturated rings. The number of rotatable bonds is 5. The van der Waals surface area contributed by atoms with Gasteiger partial charge < -0.3 is 14.8 Å². The Morgan fingerprint density at radius 3 is 2.77 bits per heavy atom. The molecule has 2 aromatic carbocycles. The maximum Gasteiger partial charge on any atom is 0.243 e. The third-order valence-electron chi connectivity index (χ3n) is 5.82. The topological polar surface area (TPSA) is 75.9 Å². The van der Waals surface area contributed by atoms with Crippen LogP contribution < -0.4 is 10.2 Å². The van der Waals surface area contributed by atoms with Crippen molar-refractivity contribution in [1.82, 2.24) is 24.8 Å². The summed E-state index contributed by atoms with van der Waals surface area (Å²) < 4.78 is 2.15. The van der Waals surface area contributed by atoms with Crippen molar-refractivity contribution >= 4 is 33.7 Å². The third-order valence-corrected chi connectivity index (χ3v) is 5.82. The quantitative estimate of drug-likeness (QED) is 0.556. The zero-order chi connectivity index (χ0) is 20.5. The van der Waals surface area contributed by atoms with Crippen LogP contribution in [0.4, 0.5) is 5.82 Å². The van der Waals surface area contributed by atoms with E-state index in [1.165, 1.54) is 0 Å². The van der Waals surface area contributed by atoms with Crippen LogP contribution in [0.25, 0.3) is 21.9 Å². The number of nitrogens with zero attached hydrogens (tertiary/aromatic N) is 5. The lowest BCUT2D eigenvalue weighted by Gasteiger charge is -2.25. The number of nitrogens with one attached hydrogen (secondary N) is 1. The second-order valence-corrected chi connectivity index (χ2v) is 7.54. The number of carbonyl (C=O) groups is 1. The highest BCUT2D eigenvalue weighted by atomic mass is 16.2. The number of carbonyl (C=O) groups excluding carboxylic acids is 1. The Labute approximate surface area is 174 Å². The lowest BCUT2D eigenvalue weighted by atomic mass is 10.2. The van der Waals surface area contributed by atoms with E-state index in [0.717, 1.165) is 59.5 Å². The minimum atomic E-state index is -0.234. The van der Waals surface area contributed by atoms with Gasteiger partial charge in [-0.1, -0.05) is 24.3 Å². The average molecular weight is 400 g/mol. The molecule has 7 heteroatoms. The molecule has 0 spiro atoms. The molecule has 5 rings (SSSR count). The Bertz CT molecular complexity index is 1210. The maximum absolute atomic E-state index is 13.1. The van der Waals surface area contributed by atoms with E-state index in [2.05, 4.69) is 37.7 Å². The van der Waals surface area contributed by atoms with Crippen LogP contribution in [-0.2, 0) is 17.9 Å². The molecule has 1 N–H and O–H groups in total. The summed E-state index contributed by atoms with van der Waals surface area (Å²) in [5.41, 5.74) is 2.95. The van der Waals surface area contributed by atoms with Crippen molar-refractivity contribution in [3.8, 4) is 0 Å². The first-order valence-corrected chi connectivity index (χ1v) is 10.4. The van der Waals surface area contributed by atoms with Crippen LogP contribution in [0.1, 0.15) is 25.6 Å². The smallest absolute Gasteiger partial charge is 0.243 e. The summed E-state index contributed by atoms with van der Waals surface area (Å²) in [6.45, 7) is 4.13. The summed E-state index contributed by atoms with van der Waals surface area (Å²) >= 11 is 0. The average Bonchev–Trinajstić information content (AvgIpc) is 3.41. The fraction of sp³-hybridized carbons (Fsp3) is 0.304. The lowest BCUT2D eigenvalue weighted by Crippen LogP contribution is -2.43. The van der Waals surface area contributed by atoms with Crippen LogP contribution in [0.15, 0.2) is 54.9 Å². The summed E-state index contributed by atoms with van der Waals surface area (Å²) in [5, 5.41) is 4.10. The highest BCUT2D eigenvalue weighted by molar-refractivity contribution is 5.93. The molecule has 152 valence electrons. The molecule has 0 saturated carbocycles. The SMILES string of the molecule is CCn1c(CNC(=O)C2CCCN2c2ncnc3ccccc23)nc2ccccc21. The van der Waals surface area contributed by atoms with Gasteiger partial charge in [0.25, 0.3) is 0 Å². The highest BCUT2D eigenvalue weighted by Gasteiger charge is 2.32. The Morgan fingerprint density at radius 1 is 1.10 bits per heavy atom. The number of aryl methyl sites for hydroxylation is 1. The lowest BCUT2D eigenvalue weighted by molar-refractivity contribution is -0.122. The molecule has 1 aliphatic rings. The Morgan fingerprint density at radius 2 is 1.90 bits per heavy atom. The van der Waals surface area contributed by atoms with E-state index >= 15 is 0 Å². The highest BCUT2D eigenvalue weighted by Crippen LogP contribution is 2.29. The predicted molar refractivity (Wildman–Crippen MR) is 117 cm³/mol. The van der Waals surface area contributed by atoms with Gasteiger partial charge in [0.15, 0.2) is 0 Å². The molecule has 1 saturated heterocycles. The zero-order valence-electron chi connectivity index (χ0n) is 17.0. The van der Waals surface area contributed by atoms with E-state index in [9.17, 15) is 4.79 Å². The summed E-state index contributed by atoms with van der Waals surface area (Å²) in [4.78, 5) is 28.8. The molecule has 1 aliphatic heterocycles. The van der Waals surface area contributed by atoms with E-state index < -0.39 is 0 Å². The van der Waals surface area contributed by atoms with Gasteiger partial charge in [-0.3, -0.25) is 4.79 Å². The van der Waals surface area contributed by atoms with Crippen LogP contribution in [-0.4, -0.2) is 38.0 Å². The number of hydrogen-bond donors (Lipinski definition) is 1. The molecule has 3 heterocycles. The largest absolute Gasteiger partial charge is 0.347 e. The molecule has 1 amide bonds. The number of benzene rings is 2. The monoisotopic (exact) mass is 400 g/mol. The van der Waals surface area contributed by atoms with Crippen LogP contribution in [0.2, 0.25) is 0 Å². The number of amides is 1. The van der Waals surface area contributed by atoms with Gasteiger partial charge in [-0.15, -0.1) is 0 Å². The van der Waals surface area contributed by atoms with Gasteiger partial charge in [-0.2, -0.15) is 0 Å². The van der Waals surface area contributed by atoms with E-state index in [4.69, 9.17) is 4.98 Å². The molecule has 30 heavy (non-hydrogen) atoms. The second-order valence-electron chi connectivity index (χ2n) is 7.54. The van der Waals surface area contributed by atoms with Gasteiger partial charge in [0.2, 0.25) is 5.91 Å². The first-order chi connectivity index (χ1) is 14.8. The molecule has 0 bridgehead atoms. The number of fused-ring (bicyclic) bond motifs is 2. The van der Waals surface area contributed by atoms with Crippen LogP contribution in [0.5, 0.6) is 0 Å². The van der Waals surface area contributed by atoms with E-state index in [1.807, 2.05) is 42.5 Å². The van der Waals surface area contributed by atoms with Gasteiger partial charge in [0, 0.05) is 18.5 Å². The van der Waals surface area contributed by atoms with Crippen molar-refractivity contribution in [3.63, 3.8) is 0 Å². The van der Waals surface area contributed by atoms with Gasteiger partial charge in [0.05, 0.1) is 23.1 Å². The number of hydrogen-bond acceptors (Lipinski definition) is 5. The van der Waals surface area contributed by atoms with Gasteiger partial charge in [-0.25, -0.2) is 15.0 Å². The van der Waals surface area contributed by atoms with Crippen molar-refractivity contribution in [2.45, 2.75) is 38.9 Å². The van der Waals surface area contributed by atoms with Crippen LogP contribution in [0, 0.1) is 0 Å². The number of para-hydroxylation sites is 3. The van der Waals surface area contributed by atoms with E-state index in [1.54, 1.807) is 6.33 Å². The summed E-state index contributed by atoms with van der Waals surface area (Å²) in [6.07, 6.45) is 3.35. The standard InChI is InChI=1S/C23H24N6O/c1-2-28-19-11-6-5-10-18(19)27-21(28)14-24-23(30)20-12-7-13-29(20)22-16-8-3-4-9-17(16)25-15-26-22/h3-6,8-11,15,20H,2,7,12-14H2,1H3,(H,24,30). The predicted octanol–water partition coefficient (Wildman–Crippen LogP) is 3.28. The maximum atomic E-state index is 13.1. The molecule has 0 radical (unpaired) electrons. The molecule has 0 aliphatic carbocycles. The van der Waals surface area contributed by atoms with Crippen molar-refractivity contribution in [2.75, 3.05) is 11.4 Å². The molecule has 7 nitrogen and oxygen atoms in total. The van der Waals surface area contributed by atoms with Crippen molar-refractivity contribution in [1.29, 1.82) is 0 Å². The summed E-state index contributed by atoms with van der Waals surface area (Å²) in [7, 11) is 0. The molecular formula is C23H24N6O. The first kappa shape index (κ1) is 18.5. The number of anilines is 1. The first-order valence-electron chi connectivity index (χ1n) is 10.4. The van der Waals surface area contributed by atoms with Gasteiger partial charge in [0.1, 0.15) is 24.0 Å². The zero-order valence-corrected chi connectivity index (χ0v) is 17.0. The Balaban J connectivity index is 1.37. The van der Waals surface area contributed by atoms with Crippen LogP contribution >= 0.6 is 0 Å². The van der Waals surface area contributed by atoms with Crippen LogP contribution in [0.3, 0.4) is 0 Å². The Kier molecular flexibility index (Phi) is 4.78. The van der Waals surface area contributed by atoms with E-state index in [-0.39, 0.29) is 11.9 Å². The molecule has 1 unspecified atom stereocenters. The number of imidazole rings is 1. The van der Waals surface area contributed by atoms with Crippen molar-refractivity contribution < 1.29 is 4.79 Å². The van der Waals surface area contributed by atoms with E-state index in [0.29, 0.717) is 6.54 Å². The van der Waals surface area contributed by atoms with Crippen molar-refractivity contribution in [2.24, 2.45) is 0 Å². The van der Waals surface area contributed by atoms with Gasteiger partial charge >= 0.3 is 0 Å². The second kappa shape index (κ2) is 7.74. The number of aromatic nitrogens is 4. The Hall–Kier alpha value is -3.48.